The lowest BCUT2D eigenvalue weighted by Crippen LogP contribution is -2.47. The Morgan fingerprint density at radius 1 is 1.65 bits per heavy atom. The molecule has 2 heterocycles. The summed E-state index contributed by atoms with van der Waals surface area (Å²) in [6.07, 6.45) is 1.09. The average molecular weight is 243 g/mol. The van der Waals surface area contributed by atoms with Crippen LogP contribution in [0.5, 0.6) is 0 Å². The van der Waals surface area contributed by atoms with Gasteiger partial charge >= 0.3 is 0 Å². The molecule has 17 heavy (non-hydrogen) atoms. The summed E-state index contributed by atoms with van der Waals surface area (Å²) in [4.78, 5) is 5.22. The first-order valence-corrected chi connectivity index (χ1v) is 5.36. The molecule has 0 aromatic heterocycles. The third-order valence-corrected chi connectivity index (χ3v) is 2.75. The van der Waals surface area contributed by atoms with E-state index in [-0.39, 0.29) is 6.42 Å². The van der Waals surface area contributed by atoms with Crippen molar-refractivity contribution >= 4 is 5.84 Å². The van der Waals surface area contributed by atoms with Crippen LogP contribution in [0.3, 0.4) is 0 Å². The highest BCUT2D eigenvalue weighted by Gasteiger charge is 2.52. The number of nitrogens with one attached hydrogen (secondary N) is 1. The molecule has 1 saturated heterocycles. The molecule has 1 unspecified atom stereocenters. The lowest BCUT2D eigenvalue weighted by Gasteiger charge is -2.34. The Morgan fingerprint density at radius 3 is 2.82 bits per heavy atom. The molecule has 2 aliphatic heterocycles. The Kier molecular flexibility index (Phi) is 2.91. The molecule has 0 saturated carbocycles. The molecule has 6 heteroatoms. The van der Waals surface area contributed by atoms with Crippen LogP contribution in [0.4, 0.5) is 8.78 Å². The van der Waals surface area contributed by atoms with Crippen LogP contribution in [0.1, 0.15) is 13.3 Å². The van der Waals surface area contributed by atoms with Crippen LogP contribution < -0.4 is 5.32 Å². The van der Waals surface area contributed by atoms with E-state index in [9.17, 15) is 8.78 Å². The summed E-state index contributed by atoms with van der Waals surface area (Å²) in [5.41, 5.74) is 0. The standard InChI is InChI=1S/C11H15F2N3O/c1-7-6-11(12,13)10(17-7)16-5-4-9(14-3)15-8(16)2/h4-5,7,10H,2,6H2,1,3H3,(H,14,15)/t7-,10?/m1/s1. The Morgan fingerprint density at radius 2 is 2.35 bits per heavy atom. The van der Waals surface area contributed by atoms with Gasteiger partial charge in [0.15, 0.2) is 6.23 Å². The fourth-order valence-corrected chi connectivity index (χ4v) is 1.97. The number of hydrogen-bond donors (Lipinski definition) is 1. The Hall–Kier alpha value is -1.43. The fraction of sp³-hybridized carbons (Fsp3) is 0.545. The smallest absolute Gasteiger partial charge is 0.294 e. The third kappa shape index (κ3) is 2.17. The molecule has 1 fully saturated rings. The number of ether oxygens (including phenoxy) is 1. The molecule has 0 amide bonds. The van der Waals surface area contributed by atoms with Crippen molar-refractivity contribution in [3.05, 3.63) is 24.7 Å². The Labute approximate surface area is 98.6 Å². The fourth-order valence-electron chi connectivity index (χ4n) is 1.97. The van der Waals surface area contributed by atoms with Gasteiger partial charge in [0.25, 0.3) is 5.92 Å². The van der Waals surface area contributed by atoms with Crippen molar-refractivity contribution in [3.63, 3.8) is 0 Å². The van der Waals surface area contributed by atoms with Crippen molar-refractivity contribution in [3.8, 4) is 0 Å². The first-order chi connectivity index (χ1) is 7.94. The van der Waals surface area contributed by atoms with Crippen LogP contribution in [-0.4, -0.2) is 36.0 Å². The lowest BCUT2D eigenvalue weighted by atomic mass is 10.2. The normalized spacial score (nSPS) is 34.2. The predicted molar refractivity (Wildman–Crippen MR) is 60.5 cm³/mol. The summed E-state index contributed by atoms with van der Waals surface area (Å²) in [5, 5.41) is 2.83. The van der Waals surface area contributed by atoms with E-state index in [1.54, 1.807) is 20.0 Å². The zero-order valence-electron chi connectivity index (χ0n) is 9.78. The van der Waals surface area contributed by atoms with Crippen molar-refractivity contribution in [2.24, 2.45) is 4.99 Å². The predicted octanol–water partition coefficient (Wildman–Crippen LogP) is 1.68. The topological polar surface area (TPSA) is 36.9 Å². The highest BCUT2D eigenvalue weighted by atomic mass is 19.3. The van der Waals surface area contributed by atoms with Crippen LogP contribution in [0.15, 0.2) is 29.7 Å². The number of rotatable bonds is 1. The first-order valence-electron chi connectivity index (χ1n) is 5.36. The molecule has 0 bridgehead atoms. The van der Waals surface area contributed by atoms with E-state index in [2.05, 4.69) is 16.9 Å². The minimum Gasteiger partial charge on any atom is -0.349 e. The largest absolute Gasteiger partial charge is 0.349 e. The van der Waals surface area contributed by atoms with Gasteiger partial charge in [0.2, 0.25) is 0 Å². The van der Waals surface area contributed by atoms with Crippen LogP contribution >= 0.6 is 0 Å². The third-order valence-electron chi connectivity index (χ3n) is 2.75. The summed E-state index contributed by atoms with van der Waals surface area (Å²) in [6.45, 7) is 5.33. The quantitative estimate of drug-likeness (QED) is 0.761. The number of hydrogen-bond acceptors (Lipinski definition) is 3. The molecule has 94 valence electrons. The maximum absolute atomic E-state index is 13.7. The van der Waals surface area contributed by atoms with Crippen molar-refractivity contribution in [1.29, 1.82) is 0 Å². The molecule has 2 aliphatic rings. The summed E-state index contributed by atoms with van der Waals surface area (Å²) in [7, 11) is 1.61. The number of alkyl halides is 2. The second-order valence-electron chi connectivity index (χ2n) is 4.17. The molecule has 0 radical (unpaired) electrons. The van der Waals surface area contributed by atoms with Crippen molar-refractivity contribution < 1.29 is 13.5 Å². The van der Waals surface area contributed by atoms with Crippen molar-refractivity contribution in [1.82, 2.24) is 10.2 Å². The molecule has 2 rings (SSSR count). The van der Waals surface area contributed by atoms with Gasteiger partial charge in [0.05, 0.1) is 6.10 Å². The number of aliphatic imine (C=N–C) groups is 1. The van der Waals surface area contributed by atoms with E-state index < -0.39 is 18.3 Å². The van der Waals surface area contributed by atoms with Gasteiger partial charge in [-0.2, -0.15) is 0 Å². The van der Waals surface area contributed by atoms with Gasteiger partial charge in [0.1, 0.15) is 11.7 Å². The molecular weight excluding hydrogens is 228 g/mol. The minimum absolute atomic E-state index is 0.274. The Balaban J connectivity index is 2.21. The SMILES string of the molecule is C=C1NC(=NC)C=CN1C1O[C@H](C)CC1(F)F. The van der Waals surface area contributed by atoms with E-state index in [1.165, 1.54) is 11.1 Å². The van der Waals surface area contributed by atoms with Crippen molar-refractivity contribution in [2.45, 2.75) is 31.6 Å². The van der Waals surface area contributed by atoms with E-state index in [0.717, 1.165) is 0 Å². The van der Waals surface area contributed by atoms with Crippen LogP contribution in [0, 0.1) is 0 Å². The van der Waals surface area contributed by atoms with Gasteiger partial charge in [-0.1, -0.05) is 6.58 Å². The highest BCUT2D eigenvalue weighted by molar-refractivity contribution is 5.94. The first kappa shape index (κ1) is 12.0. The van der Waals surface area contributed by atoms with Crippen LogP contribution in [-0.2, 0) is 4.74 Å². The minimum atomic E-state index is -2.88. The second-order valence-corrected chi connectivity index (χ2v) is 4.17. The maximum atomic E-state index is 13.7. The van der Waals surface area contributed by atoms with Crippen molar-refractivity contribution in [2.75, 3.05) is 7.05 Å². The van der Waals surface area contributed by atoms with Crippen LogP contribution in [0.2, 0.25) is 0 Å². The second kappa shape index (κ2) is 4.10. The summed E-state index contributed by atoms with van der Waals surface area (Å²) >= 11 is 0. The maximum Gasteiger partial charge on any atom is 0.294 e. The molecule has 1 N–H and O–H groups in total. The van der Waals surface area contributed by atoms with Gasteiger partial charge in [-0.25, -0.2) is 8.78 Å². The summed E-state index contributed by atoms with van der Waals surface area (Å²) < 4.78 is 32.6. The molecule has 2 atom stereocenters. The Bertz CT molecular complexity index is 392. The summed E-state index contributed by atoms with van der Waals surface area (Å²) in [6, 6.07) is 0. The highest BCUT2D eigenvalue weighted by Crippen LogP contribution is 2.38. The van der Waals surface area contributed by atoms with Gasteiger partial charge in [-0.05, 0) is 13.0 Å². The van der Waals surface area contributed by atoms with Crippen LogP contribution in [0.25, 0.3) is 0 Å². The molecule has 0 aliphatic carbocycles. The summed E-state index contributed by atoms with van der Waals surface area (Å²) in [5.74, 6) is -1.96. The number of amidine groups is 1. The average Bonchev–Trinajstić information content (AvgIpc) is 2.51. The zero-order valence-corrected chi connectivity index (χ0v) is 9.78. The van der Waals surface area contributed by atoms with Gasteiger partial charge in [-0.15, -0.1) is 0 Å². The van der Waals surface area contributed by atoms with Gasteiger partial charge < -0.3 is 15.0 Å². The molecule has 0 spiro atoms. The number of nitrogens with zero attached hydrogens (tertiary/aromatic N) is 2. The van der Waals surface area contributed by atoms with Gasteiger partial charge in [0, 0.05) is 19.7 Å². The lowest BCUT2D eigenvalue weighted by molar-refractivity contribution is -0.127. The monoisotopic (exact) mass is 243 g/mol. The van der Waals surface area contributed by atoms with E-state index in [0.29, 0.717) is 11.7 Å². The van der Waals surface area contributed by atoms with E-state index >= 15 is 0 Å². The molecular formula is C11H15F2N3O. The zero-order chi connectivity index (χ0) is 12.6. The van der Waals surface area contributed by atoms with E-state index in [4.69, 9.17) is 4.74 Å². The molecule has 0 aromatic carbocycles. The number of halogens is 2. The van der Waals surface area contributed by atoms with E-state index in [1.807, 2.05) is 0 Å². The molecule has 0 aromatic rings. The van der Waals surface area contributed by atoms with Gasteiger partial charge in [-0.3, -0.25) is 4.99 Å². The molecule has 4 nitrogen and oxygen atoms in total.